The number of carboxylic acid groups (broad SMARTS) is 1. The minimum Gasteiger partial charge on any atom is -0.477 e. The number of ether oxygens (including phenoxy) is 1. The first kappa shape index (κ1) is 15.0. The standard InChI is InChI=1S/C17H16N2O4/c20-16(21)15-7-6-13-10-19(9-8-14(13)18-15)17(22)23-11-12-4-2-1-3-5-12/h1-7H,8-11H2,(H,20,21). The monoisotopic (exact) mass is 312 g/mol. The van der Waals surface area contributed by atoms with Crippen molar-refractivity contribution in [3.05, 3.63) is 65.0 Å². The third kappa shape index (κ3) is 3.48. The Hall–Kier alpha value is -2.89. The molecule has 1 aliphatic rings. The molecule has 1 aromatic heterocycles. The summed E-state index contributed by atoms with van der Waals surface area (Å²) in [5, 5.41) is 8.96. The molecule has 0 aliphatic carbocycles. The van der Waals surface area contributed by atoms with Gasteiger partial charge in [-0.15, -0.1) is 0 Å². The fourth-order valence-corrected chi connectivity index (χ4v) is 2.50. The molecule has 0 saturated heterocycles. The maximum absolute atomic E-state index is 12.1. The smallest absolute Gasteiger partial charge is 0.410 e. The number of aromatic carboxylic acids is 1. The molecule has 3 rings (SSSR count). The highest BCUT2D eigenvalue weighted by molar-refractivity contribution is 5.85. The van der Waals surface area contributed by atoms with E-state index in [4.69, 9.17) is 9.84 Å². The molecule has 1 aromatic carbocycles. The molecule has 0 atom stereocenters. The summed E-state index contributed by atoms with van der Waals surface area (Å²) in [5.74, 6) is -1.04. The van der Waals surface area contributed by atoms with Crippen LogP contribution in [0.15, 0.2) is 42.5 Å². The van der Waals surface area contributed by atoms with E-state index in [1.807, 2.05) is 30.3 Å². The number of amides is 1. The largest absolute Gasteiger partial charge is 0.477 e. The van der Waals surface area contributed by atoms with Gasteiger partial charge in [0, 0.05) is 18.7 Å². The van der Waals surface area contributed by atoms with Gasteiger partial charge in [-0.3, -0.25) is 0 Å². The van der Waals surface area contributed by atoms with Crippen molar-refractivity contribution in [2.45, 2.75) is 19.6 Å². The fourth-order valence-electron chi connectivity index (χ4n) is 2.50. The van der Waals surface area contributed by atoms with E-state index in [1.165, 1.54) is 6.07 Å². The van der Waals surface area contributed by atoms with E-state index in [0.717, 1.165) is 16.8 Å². The number of carboxylic acids is 1. The average molecular weight is 312 g/mol. The van der Waals surface area contributed by atoms with Crippen molar-refractivity contribution in [2.75, 3.05) is 6.54 Å². The number of hydrogen-bond acceptors (Lipinski definition) is 4. The molecule has 0 unspecified atom stereocenters. The Morgan fingerprint density at radius 3 is 2.70 bits per heavy atom. The van der Waals surface area contributed by atoms with Gasteiger partial charge in [0.25, 0.3) is 0 Å². The molecule has 2 heterocycles. The molecule has 1 N–H and O–H groups in total. The lowest BCUT2D eigenvalue weighted by molar-refractivity contribution is 0.0688. The molecule has 0 bridgehead atoms. The molecule has 6 nitrogen and oxygen atoms in total. The van der Waals surface area contributed by atoms with Crippen molar-refractivity contribution in [3.8, 4) is 0 Å². The lowest BCUT2D eigenvalue weighted by atomic mass is 10.1. The van der Waals surface area contributed by atoms with Crippen molar-refractivity contribution in [3.63, 3.8) is 0 Å². The highest BCUT2D eigenvalue weighted by Crippen LogP contribution is 2.19. The minimum absolute atomic E-state index is 0.0313. The maximum atomic E-state index is 12.1. The Balaban J connectivity index is 1.62. The number of rotatable bonds is 3. The lowest BCUT2D eigenvalue weighted by Gasteiger charge is -2.27. The maximum Gasteiger partial charge on any atom is 0.410 e. The van der Waals surface area contributed by atoms with Gasteiger partial charge in [0.15, 0.2) is 0 Å². The summed E-state index contributed by atoms with van der Waals surface area (Å²) in [6.45, 7) is 1.09. The van der Waals surface area contributed by atoms with Crippen LogP contribution >= 0.6 is 0 Å². The average Bonchev–Trinajstić information content (AvgIpc) is 2.59. The third-order valence-corrected chi connectivity index (χ3v) is 3.73. The van der Waals surface area contributed by atoms with Crippen LogP contribution in [0.3, 0.4) is 0 Å². The fraction of sp³-hybridized carbons (Fsp3) is 0.235. The van der Waals surface area contributed by atoms with E-state index in [9.17, 15) is 9.59 Å². The van der Waals surface area contributed by atoms with Crippen LogP contribution in [0, 0.1) is 0 Å². The summed E-state index contributed by atoms with van der Waals surface area (Å²) in [7, 11) is 0. The van der Waals surface area contributed by atoms with E-state index < -0.39 is 5.97 Å². The summed E-state index contributed by atoms with van der Waals surface area (Å²) < 4.78 is 5.32. The van der Waals surface area contributed by atoms with Crippen LogP contribution in [0.1, 0.15) is 27.3 Å². The van der Waals surface area contributed by atoms with Crippen LogP contribution in [0.5, 0.6) is 0 Å². The molecule has 23 heavy (non-hydrogen) atoms. The number of pyridine rings is 1. The topological polar surface area (TPSA) is 79.7 Å². The van der Waals surface area contributed by atoms with Crippen molar-refractivity contribution < 1.29 is 19.4 Å². The van der Waals surface area contributed by atoms with Gasteiger partial charge in [-0.05, 0) is 17.2 Å². The third-order valence-electron chi connectivity index (χ3n) is 3.73. The highest BCUT2D eigenvalue weighted by Gasteiger charge is 2.23. The summed E-state index contributed by atoms with van der Waals surface area (Å²) in [6.07, 6.45) is 0.151. The van der Waals surface area contributed by atoms with Crippen molar-refractivity contribution in [1.29, 1.82) is 0 Å². The van der Waals surface area contributed by atoms with Gasteiger partial charge in [0.05, 0.1) is 6.54 Å². The summed E-state index contributed by atoms with van der Waals surface area (Å²) in [4.78, 5) is 28.8. The first-order valence-corrected chi connectivity index (χ1v) is 7.31. The van der Waals surface area contributed by atoms with Crippen LogP contribution in [0.25, 0.3) is 0 Å². The van der Waals surface area contributed by atoms with Gasteiger partial charge >= 0.3 is 12.1 Å². The second kappa shape index (κ2) is 6.48. The molecule has 1 amide bonds. The minimum atomic E-state index is -1.04. The van der Waals surface area contributed by atoms with Crippen molar-refractivity contribution >= 4 is 12.1 Å². The van der Waals surface area contributed by atoms with Crippen LogP contribution in [-0.2, 0) is 24.3 Å². The van der Waals surface area contributed by atoms with Gasteiger partial charge in [-0.25, -0.2) is 14.6 Å². The van der Waals surface area contributed by atoms with E-state index in [-0.39, 0.29) is 18.4 Å². The Morgan fingerprint density at radius 1 is 1.17 bits per heavy atom. The zero-order chi connectivity index (χ0) is 16.2. The molecule has 0 spiro atoms. The van der Waals surface area contributed by atoms with Gasteiger partial charge in [-0.1, -0.05) is 36.4 Å². The number of hydrogen-bond donors (Lipinski definition) is 1. The van der Waals surface area contributed by atoms with E-state index in [2.05, 4.69) is 4.98 Å². The van der Waals surface area contributed by atoms with Gasteiger partial charge in [0.1, 0.15) is 12.3 Å². The normalized spacial score (nSPS) is 13.3. The molecule has 0 saturated carbocycles. The van der Waals surface area contributed by atoms with Gasteiger partial charge < -0.3 is 14.7 Å². The number of nitrogens with zero attached hydrogens (tertiary/aromatic N) is 2. The SMILES string of the molecule is O=C(O)c1ccc2c(n1)CCN(C(=O)OCc1ccccc1)C2. The number of benzene rings is 1. The van der Waals surface area contributed by atoms with Crippen LogP contribution < -0.4 is 0 Å². The zero-order valence-corrected chi connectivity index (χ0v) is 12.4. The number of fused-ring (bicyclic) bond motifs is 1. The number of aromatic nitrogens is 1. The summed E-state index contributed by atoms with van der Waals surface area (Å²) in [5.41, 5.74) is 2.56. The second-order valence-electron chi connectivity index (χ2n) is 5.32. The molecule has 2 aromatic rings. The zero-order valence-electron chi connectivity index (χ0n) is 12.4. The Bertz CT molecular complexity index is 731. The first-order chi connectivity index (χ1) is 11.1. The van der Waals surface area contributed by atoms with E-state index in [1.54, 1.807) is 11.0 Å². The molecule has 1 aliphatic heterocycles. The molecular formula is C17H16N2O4. The van der Waals surface area contributed by atoms with Gasteiger partial charge in [-0.2, -0.15) is 0 Å². The molecular weight excluding hydrogens is 296 g/mol. The molecule has 118 valence electrons. The summed E-state index contributed by atoms with van der Waals surface area (Å²) >= 11 is 0. The summed E-state index contributed by atoms with van der Waals surface area (Å²) in [6, 6.07) is 12.7. The molecule has 0 fully saturated rings. The van der Waals surface area contributed by atoms with E-state index >= 15 is 0 Å². The van der Waals surface area contributed by atoms with Crippen LogP contribution in [0.2, 0.25) is 0 Å². The Labute approximate surface area is 133 Å². The predicted molar refractivity (Wildman–Crippen MR) is 81.9 cm³/mol. The second-order valence-corrected chi connectivity index (χ2v) is 5.32. The lowest BCUT2D eigenvalue weighted by Crippen LogP contribution is -2.36. The van der Waals surface area contributed by atoms with Crippen molar-refractivity contribution in [1.82, 2.24) is 9.88 Å². The van der Waals surface area contributed by atoms with Crippen LogP contribution in [0.4, 0.5) is 4.79 Å². The van der Waals surface area contributed by atoms with Gasteiger partial charge in [0.2, 0.25) is 0 Å². The van der Waals surface area contributed by atoms with Crippen LogP contribution in [-0.4, -0.2) is 33.6 Å². The van der Waals surface area contributed by atoms with Crippen molar-refractivity contribution in [2.24, 2.45) is 0 Å². The number of carbonyl (C=O) groups excluding carboxylic acids is 1. The molecule has 0 radical (unpaired) electrons. The first-order valence-electron chi connectivity index (χ1n) is 7.31. The molecule has 6 heteroatoms. The predicted octanol–water partition coefficient (Wildman–Crippen LogP) is 2.47. The Morgan fingerprint density at radius 2 is 1.96 bits per heavy atom. The Kier molecular flexibility index (Phi) is 4.23. The number of carbonyl (C=O) groups is 2. The highest BCUT2D eigenvalue weighted by atomic mass is 16.6. The quantitative estimate of drug-likeness (QED) is 0.942. The van der Waals surface area contributed by atoms with E-state index in [0.29, 0.717) is 19.5 Å².